The lowest BCUT2D eigenvalue weighted by atomic mass is 10.0. The molecule has 0 unspecified atom stereocenters. The minimum absolute atomic E-state index is 0.0148. The predicted molar refractivity (Wildman–Crippen MR) is 111 cm³/mol. The van der Waals surface area contributed by atoms with Gasteiger partial charge in [0.2, 0.25) is 5.91 Å². The van der Waals surface area contributed by atoms with Crippen molar-refractivity contribution in [3.05, 3.63) is 29.8 Å². The van der Waals surface area contributed by atoms with Crippen LogP contribution in [-0.4, -0.2) is 37.0 Å². The lowest BCUT2D eigenvalue weighted by Crippen LogP contribution is -2.46. The number of para-hydroxylation sites is 1. The van der Waals surface area contributed by atoms with Gasteiger partial charge in [-0.2, -0.15) is 0 Å². The first kappa shape index (κ1) is 21.3. The van der Waals surface area contributed by atoms with Gasteiger partial charge in [0.05, 0.1) is 5.56 Å². The normalized spacial score (nSPS) is 17.5. The van der Waals surface area contributed by atoms with Crippen molar-refractivity contribution < 1.29 is 9.59 Å². The molecule has 5 nitrogen and oxygen atoms in total. The summed E-state index contributed by atoms with van der Waals surface area (Å²) in [7, 11) is 0. The Morgan fingerprint density at radius 1 is 1.11 bits per heavy atom. The molecule has 0 saturated carbocycles. The van der Waals surface area contributed by atoms with Crippen LogP contribution in [0.1, 0.15) is 64.2 Å². The lowest BCUT2D eigenvalue weighted by molar-refractivity contribution is -0.125. The first-order valence-corrected chi connectivity index (χ1v) is 10.3. The molecule has 1 heterocycles. The maximum absolute atomic E-state index is 12.7. The van der Waals surface area contributed by atoms with Crippen LogP contribution in [0.25, 0.3) is 0 Å². The number of piperidine rings is 1. The monoisotopic (exact) mass is 373 g/mol. The molecule has 27 heavy (non-hydrogen) atoms. The van der Waals surface area contributed by atoms with Gasteiger partial charge in [0.1, 0.15) is 0 Å². The van der Waals surface area contributed by atoms with Crippen molar-refractivity contribution in [2.75, 3.05) is 18.0 Å². The second-order valence-corrected chi connectivity index (χ2v) is 8.10. The highest BCUT2D eigenvalue weighted by molar-refractivity contribution is 6.00. The van der Waals surface area contributed by atoms with Gasteiger partial charge in [-0.3, -0.25) is 9.59 Å². The summed E-state index contributed by atoms with van der Waals surface area (Å²) < 4.78 is 0. The summed E-state index contributed by atoms with van der Waals surface area (Å²) in [5, 5.41) is 6.28. The van der Waals surface area contributed by atoms with Crippen molar-refractivity contribution in [3.8, 4) is 0 Å². The van der Waals surface area contributed by atoms with Crippen LogP contribution in [0.5, 0.6) is 0 Å². The van der Waals surface area contributed by atoms with Crippen LogP contribution in [0.4, 0.5) is 5.69 Å². The van der Waals surface area contributed by atoms with Gasteiger partial charge in [-0.05, 0) is 44.2 Å². The SMILES string of the molecule is CC[C@H](C)C(=O)NC1CCN(c2ccccc2C(=O)N[C@H](C)C(C)C)CC1. The number of nitrogens with zero attached hydrogens (tertiary/aromatic N) is 1. The molecule has 2 N–H and O–H groups in total. The Labute approximate surface area is 163 Å². The Kier molecular flexibility index (Phi) is 7.69. The quantitative estimate of drug-likeness (QED) is 0.768. The Morgan fingerprint density at radius 2 is 1.74 bits per heavy atom. The minimum atomic E-state index is -0.0148. The maximum Gasteiger partial charge on any atom is 0.253 e. The fraction of sp³-hybridized carbons (Fsp3) is 0.636. The molecular formula is C22H35N3O2. The largest absolute Gasteiger partial charge is 0.371 e. The minimum Gasteiger partial charge on any atom is -0.371 e. The number of rotatable bonds is 7. The molecule has 1 aliphatic rings. The predicted octanol–water partition coefficient (Wildman–Crippen LogP) is 3.59. The standard InChI is InChI=1S/C22H35N3O2/c1-6-16(4)21(26)24-18-11-13-25(14-12-18)20-10-8-7-9-19(20)22(27)23-17(5)15(2)3/h7-10,15-18H,6,11-14H2,1-5H3,(H,23,27)(H,24,26)/t16-,17+/m0/s1. The van der Waals surface area contributed by atoms with Gasteiger partial charge in [0.15, 0.2) is 0 Å². The summed E-state index contributed by atoms with van der Waals surface area (Å²) in [5.41, 5.74) is 1.71. The zero-order valence-electron chi connectivity index (χ0n) is 17.4. The summed E-state index contributed by atoms with van der Waals surface area (Å²) in [4.78, 5) is 27.1. The van der Waals surface area contributed by atoms with Gasteiger partial charge in [0.25, 0.3) is 5.91 Å². The third-order valence-corrected chi connectivity index (χ3v) is 5.75. The zero-order chi connectivity index (χ0) is 20.0. The van der Waals surface area contributed by atoms with Crippen LogP contribution in [0, 0.1) is 11.8 Å². The smallest absolute Gasteiger partial charge is 0.253 e. The van der Waals surface area contributed by atoms with Crippen LogP contribution in [0.15, 0.2) is 24.3 Å². The van der Waals surface area contributed by atoms with Crippen molar-refractivity contribution in [1.82, 2.24) is 10.6 Å². The molecule has 5 heteroatoms. The molecular weight excluding hydrogens is 338 g/mol. The lowest BCUT2D eigenvalue weighted by Gasteiger charge is -2.35. The second-order valence-electron chi connectivity index (χ2n) is 8.10. The number of hydrogen-bond donors (Lipinski definition) is 2. The number of hydrogen-bond acceptors (Lipinski definition) is 3. The van der Waals surface area contributed by atoms with E-state index in [1.165, 1.54) is 0 Å². The van der Waals surface area contributed by atoms with Gasteiger partial charge in [-0.1, -0.05) is 39.8 Å². The highest BCUT2D eigenvalue weighted by Gasteiger charge is 2.25. The van der Waals surface area contributed by atoms with E-state index in [1.807, 2.05) is 45.0 Å². The molecule has 2 atom stereocenters. The third kappa shape index (κ3) is 5.72. The van der Waals surface area contributed by atoms with Crippen LogP contribution in [0.2, 0.25) is 0 Å². The molecule has 1 aromatic rings. The maximum atomic E-state index is 12.7. The van der Waals surface area contributed by atoms with E-state index < -0.39 is 0 Å². The van der Waals surface area contributed by atoms with Gasteiger partial charge < -0.3 is 15.5 Å². The van der Waals surface area contributed by atoms with Gasteiger partial charge in [0, 0.05) is 36.8 Å². The molecule has 150 valence electrons. The van der Waals surface area contributed by atoms with E-state index in [4.69, 9.17) is 0 Å². The van der Waals surface area contributed by atoms with Crippen LogP contribution < -0.4 is 15.5 Å². The summed E-state index contributed by atoms with van der Waals surface area (Å²) in [6.07, 6.45) is 2.67. The highest BCUT2D eigenvalue weighted by atomic mass is 16.2. The highest BCUT2D eigenvalue weighted by Crippen LogP contribution is 2.25. The van der Waals surface area contributed by atoms with E-state index in [1.54, 1.807) is 0 Å². The average molecular weight is 374 g/mol. The molecule has 0 spiro atoms. The molecule has 1 aromatic carbocycles. The van der Waals surface area contributed by atoms with Crippen molar-refractivity contribution >= 4 is 17.5 Å². The molecule has 0 bridgehead atoms. The molecule has 2 rings (SSSR count). The molecule has 1 aliphatic heterocycles. The van der Waals surface area contributed by atoms with Gasteiger partial charge in [-0.25, -0.2) is 0 Å². The molecule has 0 radical (unpaired) electrons. The first-order valence-electron chi connectivity index (χ1n) is 10.3. The Bertz CT molecular complexity index is 636. The Hall–Kier alpha value is -2.04. The van der Waals surface area contributed by atoms with Gasteiger partial charge in [-0.15, -0.1) is 0 Å². The number of carbonyl (C=O) groups excluding carboxylic acids is 2. The molecule has 2 amide bonds. The van der Waals surface area contributed by atoms with E-state index in [0.29, 0.717) is 5.92 Å². The summed E-state index contributed by atoms with van der Waals surface area (Å²) in [6, 6.07) is 8.17. The van der Waals surface area contributed by atoms with Crippen LogP contribution in [-0.2, 0) is 4.79 Å². The van der Waals surface area contributed by atoms with Crippen molar-refractivity contribution in [3.63, 3.8) is 0 Å². The third-order valence-electron chi connectivity index (χ3n) is 5.75. The molecule has 1 saturated heterocycles. The number of anilines is 1. The van der Waals surface area contributed by atoms with E-state index >= 15 is 0 Å². The first-order chi connectivity index (χ1) is 12.8. The Morgan fingerprint density at radius 3 is 2.33 bits per heavy atom. The van der Waals surface area contributed by atoms with Crippen LogP contribution in [0.3, 0.4) is 0 Å². The van der Waals surface area contributed by atoms with Crippen LogP contribution >= 0.6 is 0 Å². The van der Waals surface area contributed by atoms with E-state index in [-0.39, 0.29) is 29.8 Å². The van der Waals surface area contributed by atoms with Crippen molar-refractivity contribution in [2.45, 2.75) is 66.0 Å². The molecule has 0 aliphatic carbocycles. The number of benzene rings is 1. The van der Waals surface area contributed by atoms with E-state index in [9.17, 15) is 9.59 Å². The Balaban J connectivity index is 2.00. The van der Waals surface area contributed by atoms with Crippen molar-refractivity contribution in [1.29, 1.82) is 0 Å². The number of amides is 2. The summed E-state index contributed by atoms with van der Waals surface area (Å²) in [6.45, 7) is 11.9. The van der Waals surface area contributed by atoms with Gasteiger partial charge >= 0.3 is 0 Å². The number of nitrogens with one attached hydrogen (secondary N) is 2. The van der Waals surface area contributed by atoms with E-state index in [0.717, 1.165) is 43.6 Å². The number of carbonyl (C=O) groups is 2. The molecule has 0 aromatic heterocycles. The topological polar surface area (TPSA) is 61.4 Å². The summed E-state index contributed by atoms with van der Waals surface area (Å²) in [5.74, 6) is 0.596. The fourth-order valence-corrected chi connectivity index (χ4v) is 3.19. The second kappa shape index (κ2) is 9.77. The van der Waals surface area contributed by atoms with Crippen molar-refractivity contribution in [2.24, 2.45) is 11.8 Å². The summed E-state index contributed by atoms with van der Waals surface area (Å²) >= 11 is 0. The molecule has 1 fully saturated rings. The average Bonchev–Trinajstić information content (AvgIpc) is 2.67. The van der Waals surface area contributed by atoms with E-state index in [2.05, 4.69) is 29.4 Å². The zero-order valence-corrected chi connectivity index (χ0v) is 17.4. The fourth-order valence-electron chi connectivity index (χ4n) is 3.19.